The molecule has 1 atom stereocenters. The maximum absolute atomic E-state index is 12.7. The monoisotopic (exact) mass is 302 g/mol. The third kappa shape index (κ3) is 9.82. The third-order valence-corrected chi connectivity index (χ3v) is 3.22. The zero-order chi connectivity index (χ0) is 16.3. The Bertz CT molecular complexity index is 267. The van der Waals surface area contributed by atoms with E-state index in [1.165, 1.54) is 0 Å². The predicted molar refractivity (Wildman–Crippen MR) is 86.2 cm³/mol. The Morgan fingerprint density at radius 3 is 1.90 bits per heavy atom. The van der Waals surface area contributed by atoms with Crippen molar-refractivity contribution in [2.24, 2.45) is 17.1 Å². The van der Waals surface area contributed by atoms with Crippen LogP contribution in [0.1, 0.15) is 41.0 Å². The minimum absolute atomic E-state index is 0.0885. The van der Waals surface area contributed by atoms with E-state index >= 15 is 0 Å². The molecular weight excluding hydrogens is 268 g/mol. The highest BCUT2D eigenvalue weighted by molar-refractivity contribution is 5.79. The van der Waals surface area contributed by atoms with Crippen molar-refractivity contribution in [1.29, 1.82) is 0 Å². The number of nitrogens with two attached hydrogens (primary N) is 1. The molecule has 0 aliphatic rings. The van der Waals surface area contributed by atoms with E-state index in [1.807, 2.05) is 18.7 Å². The molecule has 21 heavy (non-hydrogen) atoms. The number of carbonyl (C=O) groups excluding carboxylic acids is 1. The standard InChI is InChI=1S/C16H34N2O3/c1-6-20-10-8-18(9-11-21-7-2)15(19)14(13-17)12-16(3,4)5/h14H,6-13,17H2,1-5H3. The summed E-state index contributed by atoms with van der Waals surface area (Å²) < 4.78 is 10.7. The molecule has 0 aliphatic carbocycles. The lowest BCUT2D eigenvalue weighted by Crippen LogP contribution is -2.43. The van der Waals surface area contributed by atoms with Crippen molar-refractivity contribution >= 4 is 5.91 Å². The molecule has 1 amide bonds. The molecule has 1 unspecified atom stereocenters. The Balaban J connectivity index is 4.62. The molecule has 0 aromatic carbocycles. The molecule has 2 N–H and O–H groups in total. The van der Waals surface area contributed by atoms with Gasteiger partial charge in [0, 0.05) is 32.8 Å². The third-order valence-electron chi connectivity index (χ3n) is 3.22. The molecule has 0 aliphatic heterocycles. The van der Waals surface area contributed by atoms with E-state index in [1.54, 1.807) is 0 Å². The van der Waals surface area contributed by atoms with Crippen LogP contribution in [0.15, 0.2) is 0 Å². The number of carbonyl (C=O) groups is 1. The summed E-state index contributed by atoms with van der Waals surface area (Å²) >= 11 is 0. The fourth-order valence-electron chi connectivity index (χ4n) is 2.24. The zero-order valence-corrected chi connectivity index (χ0v) is 14.5. The SMILES string of the molecule is CCOCCN(CCOCC)C(=O)C(CN)CC(C)(C)C. The maximum atomic E-state index is 12.7. The number of nitrogens with zero attached hydrogens (tertiary/aromatic N) is 1. The summed E-state index contributed by atoms with van der Waals surface area (Å²) in [6.07, 6.45) is 0.794. The summed E-state index contributed by atoms with van der Waals surface area (Å²) in [5.74, 6) is -0.0138. The van der Waals surface area contributed by atoms with Crippen molar-refractivity contribution in [3.05, 3.63) is 0 Å². The minimum Gasteiger partial charge on any atom is -0.380 e. The van der Waals surface area contributed by atoms with E-state index in [-0.39, 0.29) is 17.2 Å². The Labute approximate surface area is 130 Å². The molecule has 0 heterocycles. The first-order chi connectivity index (χ1) is 9.85. The molecule has 0 bridgehead atoms. The topological polar surface area (TPSA) is 64.8 Å². The van der Waals surface area contributed by atoms with Gasteiger partial charge in [-0.25, -0.2) is 0 Å². The van der Waals surface area contributed by atoms with Crippen LogP contribution in [-0.2, 0) is 14.3 Å². The molecule has 0 saturated carbocycles. The van der Waals surface area contributed by atoms with Gasteiger partial charge in [-0.2, -0.15) is 0 Å². The van der Waals surface area contributed by atoms with Gasteiger partial charge in [-0.15, -0.1) is 0 Å². The van der Waals surface area contributed by atoms with E-state index in [2.05, 4.69) is 20.8 Å². The molecule has 0 spiro atoms. The molecule has 126 valence electrons. The first-order valence-electron chi connectivity index (χ1n) is 8.00. The highest BCUT2D eigenvalue weighted by Crippen LogP contribution is 2.25. The second-order valence-corrected chi connectivity index (χ2v) is 6.42. The van der Waals surface area contributed by atoms with Crippen molar-refractivity contribution in [3.8, 4) is 0 Å². The summed E-state index contributed by atoms with van der Waals surface area (Å²) in [6, 6.07) is 0. The fraction of sp³-hybridized carbons (Fsp3) is 0.938. The van der Waals surface area contributed by atoms with Gasteiger partial charge < -0.3 is 20.1 Å². The Kier molecular flexibility index (Phi) is 10.6. The summed E-state index contributed by atoms with van der Waals surface area (Å²) in [4.78, 5) is 14.5. The van der Waals surface area contributed by atoms with Crippen molar-refractivity contribution < 1.29 is 14.3 Å². The zero-order valence-electron chi connectivity index (χ0n) is 14.5. The maximum Gasteiger partial charge on any atom is 0.227 e. The number of hydrogen-bond acceptors (Lipinski definition) is 4. The summed E-state index contributed by atoms with van der Waals surface area (Å²) in [5.41, 5.74) is 5.91. The van der Waals surface area contributed by atoms with E-state index < -0.39 is 0 Å². The second kappa shape index (κ2) is 11.0. The fourth-order valence-corrected chi connectivity index (χ4v) is 2.24. The van der Waals surface area contributed by atoms with Gasteiger partial charge in [0.1, 0.15) is 0 Å². The molecule has 0 saturated heterocycles. The number of rotatable bonds is 11. The average molecular weight is 302 g/mol. The highest BCUT2D eigenvalue weighted by Gasteiger charge is 2.27. The lowest BCUT2D eigenvalue weighted by Gasteiger charge is -2.30. The van der Waals surface area contributed by atoms with Crippen molar-refractivity contribution in [3.63, 3.8) is 0 Å². The second-order valence-electron chi connectivity index (χ2n) is 6.42. The van der Waals surface area contributed by atoms with Gasteiger partial charge in [0.2, 0.25) is 5.91 Å². The van der Waals surface area contributed by atoms with Gasteiger partial charge in [-0.1, -0.05) is 20.8 Å². The van der Waals surface area contributed by atoms with Crippen molar-refractivity contribution in [2.75, 3.05) is 46.1 Å². The summed E-state index contributed by atoms with van der Waals surface area (Å²) in [6.45, 7) is 14.3. The van der Waals surface area contributed by atoms with E-state index in [0.29, 0.717) is 46.1 Å². The lowest BCUT2D eigenvalue weighted by atomic mass is 9.84. The molecule has 0 fully saturated rings. The van der Waals surface area contributed by atoms with Crippen LogP contribution < -0.4 is 5.73 Å². The normalized spacial score (nSPS) is 13.2. The summed E-state index contributed by atoms with van der Waals surface area (Å²) in [7, 11) is 0. The molecule has 0 aromatic heterocycles. The molecule has 0 aromatic rings. The van der Waals surface area contributed by atoms with Crippen LogP contribution in [-0.4, -0.2) is 56.9 Å². The van der Waals surface area contributed by atoms with Gasteiger partial charge in [0.25, 0.3) is 0 Å². The van der Waals surface area contributed by atoms with Crippen LogP contribution in [0, 0.1) is 11.3 Å². The molecule has 5 heteroatoms. The Morgan fingerprint density at radius 2 is 1.57 bits per heavy atom. The van der Waals surface area contributed by atoms with Crippen LogP contribution in [0.3, 0.4) is 0 Å². The highest BCUT2D eigenvalue weighted by atomic mass is 16.5. The van der Waals surface area contributed by atoms with E-state index in [0.717, 1.165) is 6.42 Å². The predicted octanol–water partition coefficient (Wildman–Crippen LogP) is 1.90. The first kappa shape index (κ1) is 20.3. The van der Waals surface area contributed by atoms with Gasteiger partial charge in [0.05, 0.1) is 19.1 Å². The average Bonchev–Trinajstić information content (AvgIpc) is 2.41. The number of amides is 1. The largest absolute Gasteiger partial charge is 0.380 e. The van der Waals surface area contributed by atoms with Gasteiger partial charge in [0.15, 0.2) is 0 Å². The Morgan fingerprint density at radius 1 is 1.10 bits per heavy atom. The van der Waals surface area contributed by atoms with Gasteiger partial charge in [-0.3, -0.25) is 4.79 Å². The van der Waals surface area contributed by atoms with E-state index in [9.17, 15) is 4.79 Å². The van der Waals surface area contributed by atoms with Crippen LogP contribution >= 0.6 is 0 Å². The van der Waals surface area contributed by atoms with Crippen molar-refractivity contribution in [1.82, 2.24) is 4.90 Å². The van der Waals surface area contributed by atoms with Crippen LogP contribution in [0.25, 0.3) is 0 Å². The first-order valence-corrected chi connectivity index (χ1v) is 8.00. The van der Waals surface area contributed by atoms with Gasteiger partial charge >= 0.3 is 0 Å². The Hall–Kier alpha value is -0.650. The van der Waals surface area contributed by atoms with Gasteiger partial charge in [-0.05, 0) is 25.7 Å². The minimum atomic E-state index is -0.131. The van der Waals surface area contributed by atoms with E-state index in [4.69, 9.17) is 15.2 Å². The lowest BCUT2D eigenvalue weighted by molar-refractivity contribution is -0.137. The quantitative estimate of drug-likeness (QED) is 0.592. The van der Waals surface area contributed by atoms with Crippen molar-refractivity contribution in [2.45, 2.75) is 41.0 Å². The van der Waals surface area contributed by atoms with Crippen LogP contribution in [0.5, 0.6) is 0 Å². The molecule has 5 nitrogen and oxygen atoms in total. The number of hydrogen-bond donors (Lipinski definition) is 1. The van der Waals surface area contributed by atoms with Crippen LogP contribution in [0.4, 0.5) is 0 Å². The van der Waals surface area contributed by atoms with Crippen LogP contribution in [0.2, 0.25) is 0 Å². The molecule has 0 radical (unpaired) electrons. The number of ether oxygens (including phenoxy) is 2. The molecular formula is C16H34N2O3. The summed E-state index contributed by atoms with van der Waals surface area (Å²) in [5, 5.41) is 0. The smallest absolute Gasteiger partial charge is 0.227 e. The molecule has 0 rings (SSSR count).